The van der Waals surface area contributed by atoms with E-state index in [-0.39, 0.29) is 66.2 Å². The third-order valence-corrected chi connectivity index (χ3v) is 10.6. The number of hydrogen-bond acceptors (Lipinski definition) is 3. The second kappa shape index (κ2) is 16.9. The van der Waals surface area contributed by atoms with Crippen LogP contribution in [-0.2, 0) is 37.3 Å². The fraction of sp³-hybridized carbons (Fsp3) is 0.263. The molecule has 0 aliphatic heterocycles. The number of rotatable bonds is 7. The van der Waals surface area contributed by atoms with Gasteiger partial charge in [0.1, 0.15) is 11.6 Å². The summed E-state index contributed by atoms with van der Waals surface area (Å²) in [5, 5.41) is 13.0. The summed E-state index contributed by atoms with van der Waals surface area (Å²) in [5.41, 5.74) is -8.74. The van der Waals surface area contributed by atoms with Crippen LogP contribution in [0.1, 0.15) is 137 Å². The van der Waals surface area contributed by atoms with E-state index in [1.807, 2.05) is 32.9 Å². The molecule has 0 unspecified atom stereocenters. The number of pyridine rings is 1. The summed E-state index contributed by atoms with van der Waals surface area (Å²) in [6.07, 6.45) is 1.40. The zero-order valence-corrected chi connectivity index (χ0v) is 36.8. The molecular weight excluding hydrogens is 938 g/mol. The molecule has 8 rings (SSSR count). The Morgan fingerprint density at radius 2 is 1.39 bits per heavy atom. The summed E-state index contributed by atoms with van der Waals surface area (Å²) in [6, 6.07) is 27.0. The normalized spacial score (nSPS) is 19.2. The molecule has 1 N–H and O–H groups in total. The second-order valence-electron chi connectivity index (χ2n) is 16.3. The van der Waals surface area contributed by atoms with Gasteiger partial charge in [-0.15, -0.1) is 29.3 Å². The molecular formula is C57H58N3OPt-. The van der Waals surface area contributed by atoms with Gasteiger partial charge in [0, 0.05) is 70.3 Å². The van der Waals surface area contributed by atoms with E-state index in [1.54, 1.807) is 80.6 Å². The van der Waals surface area contributed by atoms with Crippen LogP contribution in [-0.4, -0.2) is 19.6 Å². The van der Waals surface area contributed by atoms with Gasteiger partial charge < -0.3 is 5.11 Å². The SMILES string of the molecule is [2H]c1c([2H])c([2H])c(-c2ccnc(-c3[c-]c(-c4cccc5c4nc(-c4cc(C(C([2H])([2H])[2H])(C([2H])([2H])[2H])C([2H])([2H])[2H])cc(C(C([2H])([2H])[2H])(C([2H])([2H])[2H])C([2H])([2H])[2H])c4O)n5-c4ccc(-c5ccccc5)c(C([2H])(C)C)c4)cc(C(C)(C)C)c3)c2)c([2H])c1[2H].[Pt]. The van der Waals surface area contributed by atoms with Crippen LogP contribution in [0.25, 0.3) is 72.7 Å². The molecule has 5 heteroatoms. The summed E-state index contributed by atoms with van der Waals surface area (Å²) in [4.78, 5) is 9.68. The standard InChI is InChI=1S/C57H58N3O.Pt/c1-36(2)47-35-44(25-26-45(47)38-21-16-13-17-22-38)60-51-24-18-23-46(52(51)59-54(60)48-33-43(56(6,7)8)34-49(53(48)61)57(9,10)11)40-29-41(31-42(30-40)55(3,4)5)50-32-39(27-28-58-50)37-19-14-12-15-20-37;/h12-28,30-36,61H,1-11H3;/q-1;/i6D3,7D3,8D3,9D3,10D3,11D3,12D,14D,15D,19D,20D,36D;. The van der Waals surface area contributed by atoms with Crippen LogP contribution >= 0.6 is 0 Å². The fourth-order valence-electron chi connectivity index (χ4n) is 7.43. The van der Waals surface area contributed by atoms with Crippen LogP contribution in [0.5, 0.6) is 5.75 Å². The average molecular weight is 1020 g/mol. The van der Waals surface area contributed by atoms with Crippen molar-refractivity contribution in [1.82, 2.24) is 14.5 Å². The summed E-state index contributed by atoms with van der Waals surface area (Å²) >= 11 is 0. The predicted octanol–water partition coefficient (Wildman–Crippen LogP) is 15.3. The van der Waals surface area contributed by atoms with Crippen LogP contribution < -0.4 is 0 Å². The third kappa shape index (κ3) is 8.73. The summed E-state index contributed by atoms with van der Waals surface area (Å²) in [6.45, 7) is -15.9. The van der Waals surface area contributed by atoms with Gasteiger partial charge in [0.25, 0.3) is 0 Å². The van der Waals surface area contributed by atoms with E-state index in [2.05, 4.69) is 11.1 Å². The summed E-state index contributed by atoms with van der Waals surface area (Å²) < 4.78 is 210. The van der Waals surface area contributed by atoms with Gasteiger partial charge >= 0.3 is 0 Å². The third-order valence-electron chi connectivity index (χ3n) is 10.6. The fourth-order valence-corrected chi connectivity index (χ4v) is 7.43. The van der Waals surface area contributed by atoms with Gasteiger partial charge in [-0.2, -0.15) is 0 Å². The van der Waals surface area contributed by atoms with Gasteiger partial charge in [-0.25, -0.2) is 4.98 Å². The minimum absolute atomic E-state index is 0. The van der Waals surface area contributed by atoms with E-state index in [0.29, 0.717) is 39.4 Å². The van der Waals surface area contributed by atoms with Gasteiger partial charge in [0.05, 0.1) is 23.5 Å². The van der Waals surface area contributed by atoms with Crippen LogP contribution in [0.4, 0.5) is 0 Å². The molecule has 0 radical (unpaired) electrons. The number of para-hydroxylation sites is 1. The molecule has 4 nitrogen and oxygen atoms in total. The Bertz CT molecular complexity index is 3820. The monoisotopic (exact) mass is 1020 g/mol. The molecule has 2 heterocycles. The first kappa shape index (κ1) is 23.2. The molecule has 0 spiro atoms. The Morgan fingerprint density at radius 1 is 0.677 bits per heavy atom. The maximum atomic E-state index is 13.0. The van der Waals surface area contributed by atoms with Crippen molar-refractivity contribution in [2.75, 3.05) is 0 Å². The number of hydrogen-bond donors (Lipinski definition) is 1. The minimum Gasteiger partial charge on any atom is -0.507 e. The van der Waals surface area contributed by atoms with E-state index in [4.69, 9.17) is 36.5 Å². The Morgan fingerprint density at radius 3 is 2.08 bits per heavy atom. The molecule has 0 bridgehead atoms. The van der Waals surface area contributed by atoms with E-state index >= 15 is 0 Å². The Balaban J connectivity index is 0.0000106. The van der Waals surface area contributed by atoms with E-state index in [1.165, 1.54) is 22.9 Å². The Labute approximate surface area is 417 Å². The largest absolute Gasteiger partial charge is 0.507 e. The zero-order chi connectivity index (χ0) is 63.7. The van der Waals surface area contributed by atoms with Crippen molar-refractivity contribution in [3.05, 3.63) is 168 Å². The molecule has 0 saturated carbocycles. The number of aromatic nitrogens is 3. The molecule has 0 saturated heterocycles. The van der Waals surface area contributed by atoms with Gasteiger partial charge in [0.2, 0.25) is 0 Å². The topological polar surface area (TPSA) is 50.9 Å². The van der Waals surface area contributed by atoms with Crippen molar-refractivity contribution in [3.8, 4) is 67.5 Å². The Hall–Kier alpha value is -5.57. The summed E-state index contributed by atoms with van der Waals surface area (Å²) in [7, 11) is 0. The van der Waals surface area contributed by atoms with Crippen LogP contribution in [0.2, 0.25) is 0 Å². The number of phenols is 1. The van der Waals surface area contributed by atoms with Crippen molar-refractivity contribution >= 4 is 11.0 Å². The smallest absolute Gasteiger partial charge is 0.148 e. The molecule has 0 fully saturated rings. The molecule has 6 aromatic carbocycles. The predicted molar refractivity (Wildman–Crippen MR) is 257 cm³/mol. The van der Waals surface area contributed by atoms with Crippen molar-refractivity contribution in [3.63, 3.8) is 0 Å². The van der Waals surface area contributed by atoms with Crippen molar-refractivity contribution in [2.24, 2.45) is 0 Å². The van der Waals surface area contributed by atoms with Crippen molar-refractivity contribution < 1.29 is 59.1 Å². The number of imidazole rings is 1. The van der Waals surface area contributed by atoms with Gasteiger partial charge in [0.15, 0.2) is 0 Å². The van der Waals surface area contributed by atoms with E-state index < -0.39 is 122 Å². The number of fused-ring (bicyclic) bond motifs is 1. The molecule has 2 aromatic heterocycles. The van der Waals surface area contributed by atoms with Crippen molar-refractivity contribution in [2.45, 2.75) is 97.9 Å². The number of nitrogens with zero attached hydrogens (tertiary/aromatic N) is 3. The number of aromatic hydroxyl groups is 1. The first-order valence-corrected chi connectivity index (χ1v) is 19.5. The number of phenolic OH excluding ortho intramolecular Hbond substituents is 1. The van der Waals surface area contributed by atoms with Gasteiger partial charge in [-0.3, -0.25) is 9.55 Å². The number of benzene rings is 6. The first-order chi connectivity index (χ1) is 38.8. The maximum Gasteiger partial charge on any atom is 0.148 e. The van der Waals surface area contributed by atoms with Crippen LogP contribution in [0.15, 0.2) is 140 Å². The van der Waals surface area contributed by atoms with Crippen LogP contribution in [0, 0.1) is 6.07 Å². The molecule has 0 amide bonds. The zero-order valence-electron chi connectivity index (χ0n) is 58.5. The minimum atomic E-state index is -4.21. The molecule has 62 heavy (non-hydrogen) atoms. The second-order valence-corrected chi connectivity index (χ2v) is 16.3. The molecule has 0 atom stereocenters. The average Bonchev–Trinajstić information content (AvgIpc) is 0.763. The molecule has 0 aliphatic carbocycles. The summed E-state index contributed by atoms with van der Waals surface area (Å²) in [5.74, 6) is -3.39. The maximum absolute atomic E-state index is 13.0. The quantitative estimate of drug-likeness (QED) is 0.162. The van der Waals surface area contributed by atoms with Crippen LogP contribution in [0.3, 0.4) is 0 Å². The van der Waals surface area contributed by atoms with E-state index in [9.17, 15) is 6.48 Å². The van der Waals surface area contributed by atoms with Crippen molar-refractivity contribution in [1.29, 1.82) is 0 Å². The van der Waals surface area contributed by atoms with E-state index in [0.717, 1.165) is 0 Å². The molecule has 318 valence electrons. The first-order valence-electron chi connectivity index (χ1n) is 31.5. The molecule has 8 aromatic rings. The van der Waals surface area contributed by atoms with Gasteiger partial charge in [-0.1, -0.05) is 178 Å². The molecule has 0 aliphatic rings. The Kier molecular flexibility index (Phi) is 6.34. The van der Waals surface area contributed by atoms with Gasteiger partial charge in [-0.05, 0) is 85.9 Å².